The predicted molar refractivity (Wildman–Crippen MR) is 56.4 cm³/mol. The van der Waals surface area contributed by atoms with Gasteiger partial charge in [-0.15, -0.1) is 0 Å². The number of aromatic nitrogens is 2. The van der Waals surface area contributed by atoms with Crippen LogP contribution in [0, 0.1) is 6.92 Å². The number of hydrogen-bond acceptors (Lipinski definition) is 5. The summed E-state index contributed by atoms with van der Waals surface area (Å²) in [6.45, 7) is 3.58. The molecule has 1 saturated heterocycles. The summed E-state index contributed by atoms with van der Waals surface area (Å²) in [5.74, 6) is 1.22. The summed E-state index contributed by atoms with van der Waals surface area (Å²) >= 11 is 0. The molecular weight excluding hydrogens is 194 g/mol. The first-order valence-electron chi connectivity index (χ1n) is 4.77. The van der Waals surface area contributed by atoms with Gasteiger partial charge < -0.3 is 16.0 Å². The number of amides is 1. The van der Waals surface area contributed by atoms with E-state index in [2.05, 4.69) is 15.3 Å². The lowest BCUT2D eigenvalue weighted by Crippen LogP contribution is -2.48. The maximum Gasteiger partial charge on any atom is 0.239 e. The highest BCUT2D eigenvalue weighted by Crippen LogP contribution is 2.19. The van der Waals surface area contributed by atoms with Crippen LogP contribution in [-0.4, -0.2) is 35.5 Å². The molecule has 80 valence electrons. The SMILES string of the molecule is Cc1c(N)ncnc1N1CCNC(=O)C1. The molecule has 1 fully saturated rings. The quantitative estimate of drug-likeness (QED) is 0.636. The van der Waals surface area contributed by atoms with Crippen LogP contribution in [0.5, 0.6) is 0 Å². The highest BCUT2D eigenvalue weighted by Gasteiger charge is 2.19. The molecule has 0 atom stereocenters. The maximum atomic E-state index is 11.2. The molecule has 2 rings (SSSR count). The molecular formula is C9H13N5O. The Labute approximate surface area is 87.5 Å². The van der Waals surface area contributed by atoms with Crippen molar-refractivity contribution >= 4 is 17.5 Å². The average Bonchev–Trinajstić information content (AvgIpc) is 2.22. The minimum atomic E-state index is 0.0119. The van der Waals surface area contributed by atoms with Gasteiger partial charge in [0.05, 0.1) is 6.54 Å². The van der Waals surface area contributed by atoms with Gasteiger partial charge in [0.15, 0.2) is 0 Å². The van der Waals surface area contributed by atoms with Crippen LogP contribution in [0.15, 0.2) is 6.33 Å². The second kappa shape index (κ2) is 3.72. The van der Waals surface area contributed by atoms with Crippen molar-refractivity contribution in [3.63, 3.8) is 0 Å². The van der Waals surface area contributed by atoms with Crippen LogP contribution in [0.3, 0.4) is 0 Å². The van der Waals surface area contributed by atoms with Gasteiger partial charge in [0.1, 0.15) is 18.0 Å². The number of nitrogens with two attached hydrogens (primary N) is 1. The number of hydrogen-bond donors (Lipinski definition) is 2. The van der Waals surface area contributed by atoms with Gasteiger partial charge in [0, 0.05) is 18.7 Å². The van der Waals surface area contributed by atoms with Crippen LogP contribution in [0.4, 0.5) is 11.6 Å². The fraction of sp³-hybridized carbons (Fsp3) is 0.444. The van der Waals surface area contributed by atoms with Crippen LogP contribution >= 0.6 is 0 Å². The minimum absolute atomic E-state index is 0.0119. The minimum Gasteiger partial charge on any atom is -0.383 e. The first kappa shape index (κ1) is 9.70. The zero-order valence-electron chi connectivity index (χ0n) is 8.53. The molecule has 0 aromatic carbocycles. The topological polar surface area (TPSA) is 84.1 Å². The number of carbonyl (C=O) groups excluding carboxylic acids is 1. The van der Waals surface area contributed by atoms with E-state index in [4.69, 9.17) is 5.73 Å². The number of rotatable bonds is 1. The lowest BCUT2D eigenvalue weighted by molar-refractivity contribution is -0.120. The highest BCUT2D eigenvalue weighted by atomic mass is 16.2. The van der Waals surface area contributed by atoms with Crippen LogP contribution in [0.25, 0.3) is 0 Å². The lowest BCUT2D eigenvalue weighted by atomic mass is 10.2. The fourth-order valence-corrected chi connectivity index (χ4v) is 1.59. The molecule has 0 bridgehead atoms. The van der Waals surface area contributed by atoms with E-state index in [1.165, 1.54) is 6.33 Å². The van der Waals surface area contributed by atoms with Crippen molar-refractivity contribution in [1.82, 2.24) is 15.3 Å². The molecule has 1 aromatic rings. The third-order valence-electron chi connectivity index (χ3n) is 2.43. The van der Waals surface area contributed by atoms with E-state index in [1.54, 1.807) is 0 Å². The van der Waals surface area contributed by atoms with Gasteiger partial charge in [0.2, 0.25) is 5.91 Å². The van der Waals surface area contributed by atoms with Gasteiger partial charge in [-0.1, -0.05) is 0 Å². The van der Waals surface area contributed by atoms with Gasteiger partial charge in [-0.2, -0.15) is 0 Å². The van der Waals surface area contributed by atoms with Crippen molar-refractivity contribution < 1.29 is 4.79 Å². The summed E-state index contributed by atoms with van der Waals surface area (Å²) in [6.07, 6.45) is 1.42. The van der Waals surface area contributed by atoms with E-state index in [0.29, 0.717) is 18.9 Å². The monoisotopic (exact) mass is 207 g/mol. The van der Waals surface area contributed by atoms with E-state index in [1.807, 2.05) is 11.8 Å². The van der Waals surface area contributed by atoms with Crippen LogP contribution < -0.4 is 16.0 Å². The number of nitrogen functional groups attached to an aromatic ring is 1. The zero-order chi connectivity index (χ0) is 10.8. The summed E-state index contributed by atoms with van der Waals surface area (Å²) in [4.78, 5) is 21.2. The largest absolute Gasteiger partial charge is 0.383 e. The summed E-state index contributed by atoms with van der Waals surface area (Å²) in [6, 6.07) is 0. The average molecular weight is 207 g/mol. The van der Waals surface area contributed by atoms with Gasteiger partial charge >= 0.3 is 0 Å². The van der Waals surface area contributed by atoms with Crippen molar-refractivity contribution in [2.24, 2.45) is 0 Å². The van der Waals surface area contributed by atoms with Crippen molar-refractivity contribution in [3.8, 4) is 0 Å². The third-order valence-corrected chi connectivity index (χ3v) is 2.43. The summed E-state index contributed by atoms with van der Waals surface area (Å²) in [7, 11) is 0. The number of carbonyl (C=O) groups is 1. The Bertz CT molecular complexity index is 392. The molecule has 1 aliphatic heterocycles. The number of anilines is 2. The van der Waals surface area contributed by atoms with Crippen molar-refractivity contribution in [3.05, 3.63) is 11.9 Å². The highest BCUT2D eigenvalue weighted by molar-refractivity contribution is 5.82. The van der Waals surface area contributed by atoms with E-state index in [-0.39, 0.29) is 5.91 Å². The van der Waals surface area contributed by atoms with Crippen molar-refractivity contribution in [2.75, 3.05) is 30.3 Å². The Kier molecular flexibility index (Phi) is 2.40. The molecule has 0 aliphatic carbocycles. The molecule has 1 amide bonds. The molecule has 15 heavy (non-hydrogen) atoms. The summed E-state index contributed by atoms with van der Waals surface area (Å²) < 4.78 is 0. The molecule has 1 aliphatic rings. The normalized spacial score (nSPS) is 16.3. The Hall–Kier alpha value is -1.85. The van der Waals surface area contributed by atoms with Gasteiger partial charge in [-0.25, -0.2) is 9.97 Å². The maximum absolute atomic E-state index is 11.2. The summed E-state index contributed by atoms with van der Waals surface area (Å²) in [5, 5.41) is 2.76. The van der Waals surface area contributed by atoms with E-state index >= 15 is 0 Å². The standard InChI is InChI=1S/C9H13N5O/c1-6-8(10)12-5-13-9(6)14-3-2-11-7(15)4-14/h5H,2-4H2,1H3,(H,11,15)(H2,10,12,13). The van der Waals surface area contributed by atoms with Gasteiger partial charge in [-0.3, -0.25) is 4.79 Å². The number of piperazine rings is 1. The van der Waals surface area contributed by atoms with Crippen LogP contribution in [0.2, 0.25) is 0 Å². The molecule has 6 nitrogen and oxygen atoms in total. The lowest BCUT2D eigenvalue weighted by Gasteiger charge is -2.28. The second-order valence-electron chi connectivity index (χ2n) is 3.48. The van der Waals surface area contributed by atoms with E-state index in [9.17, 15) is 4.79 Å². The third kappa shape index (κ3) is 1.83. The van der Waals surface area contributed by atoms with E-state index in [0.717, 1.165) is 17.9 Å². The van der Waals surface area contributed by atoms with Crippen LogP contribution in [-0.2, 0) is 4.79 Å². The molecule has 6 heteroatoms. The molecule has 0 radical (unpaired) electrons. The first-order valence-corrected chi connectivity index (χ1v) is 4.77. The summed E-state index contributed by atoms with van der Waals surface area (Å²) in [5.41, 5.74) is 6.51. The van der Waals surface area contributed by atoms with Gasteiger partial charge in [0.25, 0.3) is 0 Å². The second-order valence-corrected chi connectivity index (χ2v) is 3.48. The molecule has 2 heterocycles. The van der Waals surface area contributed by atoms with Gasteiger partial charge in [-0.05, 0) is 6.92 Å². The van der Waals surface area contributed by atoms with Crippen molar-refractivity contribution in [1.29, 1.82) is 0 Å². The van der Waals surface area contributed by atoms with E-state index < -0.39 is 0 Å². The van der Waals surface area contributed by atoms with Crippen LogP contribution in [0.1, 0.15) is 5.56 Å². The smallest absolute Gasteiger partial charge is 0.239 e. The molecule has 3 N–H and O–H groups in total. The Balaban J connectivity index is 2.28. The fourth-order valence-electron chi connectivity index (χ4n) is 1.59. The molecule has 0 unspecified atom stereocenters. The Morgan fingerprint density at radius 2 is 2.33 bits per heavy atom. The number of nitrogens with one attached hydrogen (secondary N) is 1. The molecule has 0 saturated carbocycles. The predicted octanol–water partition coefficient (Wildman–Crippen LogP) is -0.697. The number of nitrogens with zero attached hydrogens (tertiary/aromatic N) is 3. The Morgan fingerprint density at radius 3 is 3.07 bits per heavy atom. The van der Waals surface area contributed by atoms with Crippen molar-refractivity contribution in [2.45, 2.75) is 6.92 Å². The molecule has 0 spiro atoms. The first-order chi connectivity index (χ1) is 7.18. The molecule has 1 aromatic heterocycles. The Morgan fingerprint density at radius 1 is 1.53 bits per heavy atom. The zero-order valence-corrected chi connectivity index (χ0v) is 8.53.